The van der Waals surface area contributed by atoms with Crippen molar-refractivity contribution in [3.05, 3.63) is 29.0 Å². The van der Waals surface area contributed by atoms with E-state index in [4.69, 9.17) is 9.15 Å². The molecule has 2 aliphatic rings. The fourth-order valence-electron chi connectivity index (χ4n) is 4.55. The predicted octanol–water partition coefficient (Wildman–Crippen LogP) is 4.11. The molecule has 2 aliphatic carbocycles. The van der Waals surface area contributed by atoms with Crippen LogP contribution in [0.4, 0.5) is 0 Å². The maximum absolute atomic E-state index is 12.6. The molecule has 2 atom stereocenters. The third kappa shape index (κ3) is 3.21. The van der Waals surface area contributed by atoms with Gasteiger partial charge in [-0.25, -0.2) is 4.98 Å². The second-order valence-corrected chi connectivity index (χ2v) is 8.33. The van der Waals surface area contributed by atoms with Crippen molar-refractivity contribution in [2.24, 2.45) is 5.41 Å². The molecule has 140 valence electrons. The first-order valence-electron chi connectivity index (χ1n) is 9.53. The number of nitrogens with one attached hydrogen (secondary N) is 1. The van der Waals surface area contributed by atoms with Gasteiger partial charge in [-0.1, -0.05) is 12.8 Å². The Labute approximate surface area is 158 Å². The van der Waals surface area contributed by atoms with Gasteiger partial charge in [0.15, 0.2) is 10.8 Å². The highest BCUT2D eigenvalue weighted by Crippen LogP contribution is 2.54. The van der Waals surface area contributed by atoms with Crippen LogP contribution >= 0.6 is 11.3 Å². The summed E-state index contributed by atoms with van der Waals surface area (Å²) in [5.74, 6) is 1.69. The Morgan fingerprint density at radius 2 is 2.23 bits per heavy atom. The number of rotatable bonds is 6. The second kappa shape index (κ2) is 7.16. The van der Waals surface area contributed by atoms with Crippen molar-refractivity contribution in [1.29, 1.82) is 0 Å². The van der Waals surface area contributed by atoms with E-state index in [2.05, 4.69) is 17.2 Å². The van der Waals surface area contributed by atoms with Crippen LogP contribution in [-0.4, -0.2) is 29.6 Å². The zero-order valence-electron chi connectivity index (χ0n) is 15.4. The van der Waals surface area contributed by atoms with Crippen molar-refractivity contribution in [3.63, 3.8) is 0 Å². The number of furan rings is 1. The summed E-state index contributed by atoms with van der Waals surface area (Å²) in [6, 6.07) is 4.10. The minimum Gasteiger partial charge on any atom is -0.459 e. The maximum Gasteiger partial charge on any atom is 0.226 e. The van der Waals surface area contributed by atoms with Crippen LogP contribution in [0.5, 0.6) is 0 Å². The number of hydrogen-bond donors (Lipinski definition) is 1. The summed E-state index contributed by atoms with van der Waals surface area (Å²) in [4.78, 5) is 17.1. The molecular formula is C20H26N2O3S. The molecule has 0 unspecified atom stereocenters. The summed E-state index contributed by atoms with van der Waals surface area (Å²) in [7, 11) is 0. The van der Waals surface area contributed by atoms with Crippen LogP contribution in [0.25, 0.3) is 10.8 Å². The van der Waals surface area contributed by atoms with Crippen molar-refractivity contribution in [3.8, 4) is 10.8 Å². The molecular weight excluding hydrogens is 348 g/mol. The Hall–Kier alpha value is -1.66. The first kappa shape index (κ1) is 17.7. The number of amides is 1. The normalized spacial score (nSPS) is 23.9. The van der Waals surface area contributed by atoms with E-state index >= 15 is 0 Å². The summed E-state index contributed by atoms with van der Waals surface area (Å²) in [6.45, 7) is 4.72. The van der Waals surface area contributed by atoms with Gasteiger partial charge >= 0.3 is 0 Å². The lowest BCUT2D eigenvalue weighted by atomic mass is 9.60. The minimum atomic E-state index is 0.0590. The Kier molecular flexibility index (Phi) is 4.88. The van der Waals surface area contributed by atoms with Crippen molar-refractivity contribution in [1.82, 2.24) is 10.3 Å². The minimum absolute atomic E-state index is 0.0590. The van der Waals surface area contributed by atoms with Gasteiger partial charge in [0.25, 0.3) is 0 Å². The number of hydrogen-bond acceptors (Lipinski definition) is 5. The summed E-state index contributed by atoms with van der Waals surface area (Å²) < 4.78 is 11.5. The SMILES string of the molecule is CCO[C@H]1C[C@@H](NC(=O)Cc2csc(-c3ccc(C)o3)n2)C12CCCC2. The predicted molar refractivity (Wildman–Crippen MR) is 101 cm³/mol. The summed E-state index contributed by atoms with van der Waals surface area (Å²) in [6.07, 6.45) is 6.40. The summed E-state index contributed by atoms with van der Waals surface area (Å²) >= 11 is 1.52. The van der Waals surface area contributed by atoms with Gasteiger partial charge < -0.3 is 14.5 Å². The molecule has 2 saturated carbocycles. The molecule has 4 rings (SSSR count). The Bertz CT molecular complexity index is 776. The highest BCUT2D eigenvalue weighted by Gasteiger charge is 2.57. The van der Waals surface area contributed by atoms with Crippen LogP contribution in [0.2, 0.25) is 0 Å². The average molecular weight is 375 g/mol. The lowest BCUT2D eigenvalue weighted by Gasteiger charge is -2.54. The lowest BCUT2D eigenvalue weighted by Crippen LogP contribution is -2.63. The maximum atomic E-state index is 12.6. The van der Waals surface area contributed by atoms with E-state index < -0.39 is 0 Å². The number of aryl methyl sites for hydroxylation is 1. The highest BCUT2D eigenvalue weighted by molar-refractivity contribution is 7.13. The molecule has 2 aromatic rings. The van der Waals surface area contributed by atoms with E-state index in [1.807, 2.05) is 24.4 Å². The van der Waals surface area contributed by atoms with Gasteiger partial charge in [0.1, 0.15) is 5.76 Å². The number of carbonyl (C=O) groups is 1. The quantitative estimate of drug-likeness (QED) is 0.826. The van der Waals surface area contributed by atoms with E-state index in [1.54, 1.807) is 0 Å². The molecule has 1 spiro atoms. The van der Waals surface area contributed by atoms with Gasteiger partial charge in [-0.05, 0) is 45.2 Å². The van der Waals surface area contributed by atoms with Gasteiger partial charge in [-0.15, -0.1) is 11.3 Å². The topological polar surface area (TPSA) is 64.4 Å². The molecule has 2 aromatic heterocycles. The molecule has 2 heterocycles. The highest BCUT2D eigenvalue weighted by atomic mass is 32.1. The monoisotopic (exact) mass is 374 g/mol. The number of carbonyl (C=O) groups excluding carboxylic acids is 1. The number of ether oxygens (including phenoxy) is 1. The molecule has 5 nitrogen and oxygen atoms in total. The van der Waals surface area contributed by atoms with Gasteiger partial charge in [0.2, 0.25) is 5.91 Å². The molecule has 1 N–H and O–H groups in total. The summed E-state index contributed by atoms with van der Waals surface area (Å²) in [5, 5.41) is 6.03. The fourth-order valence-corrected chi connectivity index (χ4v) is 5.33. The van der Waals surface area contributed by atoms with E-state index in [0.717, 1.165) is 35.2 Å². The van der Waals surface area contributed by atoms with Crippen LogP contribution in [-0.2, 0) is 16.0 Å². The zero-order valence-corrected chi connectivity index (χ0v) is 16.2. The van der Waals surface area contributed by atoms with Crippen LogP contribution in [0, 0.1) is 12.3 Å². The zero-order chi connectivity index (χ0) is 18.1. The smallest absolute Gasteiger partial charge is 0.226 e. The van der Waals surface area contributed by atoms with Crippen molar-refractivity contribution in [2.75, 3.05) is 6.61 Å². The van der Waals surface area contributed by atoms with Gasteiger partial charge in [-0.2, -0.15) is 0 Å². The molecule has 26 heavy (non-hydrogen) atoms. The third-order valence-electron chi connectivity index (χ3n) is 5.87. The van der Waals surface area contributed by atoms with Gasteiger partial charge in [-0.3, -0.25) is 4.79 Å². The number of nitrogens with zero attached hydrogens (tertiary/aromatic N) is 1. The molecule has 0 radical (unpaired) electrons. The number of thiazole rings is 1. The lowest BCUT2D eigenvalue weighted by molar-refractivity contribution is -0.143. The average Bonchev–Trinajstić information content (AvgIpc) is 3.34. The van der Waals surface area contributed by atoms with Crippen molar-refractivity contribution >= 4 is 17.2 Å². The second-order valence-electron chi connectivity index (χ2n) is 7.47. The standard InChI is InChI=1S/C20H26N2O3S/c1-3-24-17-11-16(20(17)8-4-5-9-20)22-18(23)10-14-12-26-19(21-14)15-7-6-13(2)25-15/h6-7,12,16-17H,3-5,8-11H2,1-2H3,(H,22,23)/t16-,17+/m1/s1. The van der Waals surface area contributed by atoms with Crippen molar-refractivity contribution < 1.29 is 13.9 Å². The molecule has 0 aromatic carbocycles. The van der Waals surface area contributed by atoms with E-state index in [-0.39, 0.29) is 17.4 Å². The molecule has 2 fully saturated rings. The molecule has 0 bridgehead atoms. The largest absolute Gasteiger partial charge is 0.459 e. The Morgan fingerprint density at radius 3 is 2.92 bits per heavy atom. The molecule has 6 heteroatoms. The van der Waals surface area contributed by atoms with Crippen LogP contribution in [0.15, 0.2) is 21.9 Å². The molecule has 0 saturated heterocycles. The Balaban J connectivity index is 1.36. The molecule has 0 aliphatic heterocycles. The van der Waals surface area contributed by atoms with Gasteiger partial charge in [0.05, 0.1) is 18.2 Å². The van der Waals surface area contributed by atoms with E-state index in [0.29, 0.717) is 12.5 Å². The number of aromatic nitrogens is 1. The first-order valence-corrected chi connectivity index (χ1v) is 10.4. The first-order chi connectivity index (χ1) is 12.6. The van der Waals surface area contributed by atoms with Crippen LogP contribution in [0.1, 0.15) is 50.5 Å². The summed E-state index contributed by atoms with van der Waals surface area (Å²) in [5.41, 5.74) is 0.975. The van der Waals surface area contributed by atoms with Gasteiger partial charge in [0, 0.05) is 23.4 Å². The Morgan fingerprint density at radius 1 is 1.42 bits per heavy atom. The third-order valence-corrected chi connectivity index (χ3v) is 6.77. The van der Waals surface area contributed by atoms with Crippen molar-refractivity contribution in [2.45, 2.75) is 64.5 Å². The molecule has 1 amide bonds. The van der Waals surface area contributed by atoms with Crippen LogP contribution < -0.4 is 5.32 Å². The van der Waals surface area contributed by atoms with E-state index in [1.165, 1.54) is 37.0 Å². The van der Waals surface area contributed by atoms with E-state index in [9.17, 15) is 4.79 Å². The van der Waals surface area contributed by atoms with Crippen LogP contribution in [0.3, 0.4) is 0 Å². The fraction of sp³-hybridized carbons (Fsp3) is 0.600.